The Morgan fingerprint density at radius 1 is 1.35 bits per heavy atom. The number of hydrogen-bond donors (Lipinski definition) is 2. The molecule has 0 heterocycles. The van der Waals surface area contributed by atoms with Crippen molar-refractivity contribution in [2.75, 3.05) is 11.9 Å². The van der Waals surface area contributed by atoms with Crippen LogP contribution >= 0.6 is 15.9 Å². The van der Waals surface area contributed by atoms with Gasteiger partial charge < -0.3 is 10.6 Å². The molecule has 0 unspecified atom stereocenters. The number of carbonyl (C=O) groups excluding carboxylic acids is 2. The first-order valence-corrected chi connectivity index (χ1v) is 7.23. The predicted molar refractivity (Wildman–Crippen MR) is 84.4 cm³/mol. The number of anilines is 1. The van der Waals surface area contributed by atoms with Gasteiger partial charge in [0.25, 0.3) is 0 Å². The molecular weight excluding hydrogens is 320 g/mol. The third-order valence-corrected chi connectivity index (χ3v) is 3.11. The molecular formula is C15H19BrN2O2. The summed E-state index contributed by atoms with van der Waals surface area (Å²) in [4.78, 5) is 23.4. The first-order valence-electron chi connectivity index (χ1n) is 6.44. The molecule has 4 nitrogen and oxygen atoms in total. The van der Waals surface area contributed by atoms with E-state index in [4.69, 9.17) is 0 Å². The Balaban J connectivity index is 2.38. The number of benzene rings is 1. The van der Waals surface area contributed by atoms with Crippen molar-refractivity contribution >= 4 is 33.4 Å². The molecule has 108 valence electrons. The van der Waals surface area contributed by atoms with Crippen molar-refractivity contribution in [1.29, 1.82) is 0 Å². The lowest BCUT2D eigenvalue weighted by Gasteiger charge is -2.11. The second kappa shape index (κ2) is 8.53. The van der Waals surface area contributed by atoms with Crippen LogP contribution in [-0.4, -0.2) is 18.4 Å². The third-order valence-electron chi connectivity index (χ3n) is 2.62. The largest absolute Gasteiger partial charge is 0.353 e. The van der Waals surface area contributed by atoms with E-state index in [1.165, 1.54) is 0 Å². The highest BCUT2D eigenvalue weighted by atomic mass is 79.9. The van der Waals surface area contributed by atoms with Gasteiger partial charge in [0.15, 0.2) is 0 Å². The fourth-order valence-electron chi connectivity index (χ4n) is 1.74. The molecule has 1 atom stereocenters. The molecule has 0 spiro atoms. The molecule has 0 bridgehead atoms. The summed E-state index contributed by atoms with van der Waals surface area (Å²) in [5.41, 5.74) is 0.743. The standard InChI is InChI=1S/C15H19BrN2O2/c1-3-7-17-14(19)8-11(2)9-15(20)18-13-6-4-5-12(16)10-13/h3-6,10-11H,1,7-9H2,2H3,(H,17,19)(H,18,20)/t11-/m0/s1. The summed E-state index contributed by atoms with van der Waals surface area (Å²) >= 11 is 3.35. The van der Waals surface area contributed by atoms with Crippen LogP contribution in [0.4, 0.5) is 5.69 Å². The molecule has 0 fully saturated rings. The molecule has 5 heteroatoms. The van der Waals surface area contributed by atoms with Gasteiger partial charge in [0.1, 0.15) is 0 Å². The minimum absolute atomic E-state index is 0.00744. The molecule has 0 aliphatic carbocycles. The van der Waals surface area contributed by atoms with Gasteiger partial charge in [-0.15, -0.1) is 6.58 Å². The highest BCUT2D eigenvalue weighted by Crippen LogP contribution is 2.16. The lowest BCUT2D eigenvalue weighted by Crippen LogP contribution is -2.26. The summed E-state index contributed by atoms with van der Waals surface area (Å²) in [5, 5.41) is 5.51. The molecule has 1 aromatic carbocycles. The molecule has 0 saturated carbocycles. The highest BCUT2D eigenvalue weighted by molar-refractivity contribution is 9.10. The van der Waals surface area contributed by atoms with Gasteiger partial charge >= 0.3 is 0 Å². The molecule has 2 N–H and O–H groups in total. The van der Waals surface area contributed by atoms with E-state index in [0.717, 1.165) is 10.2 Å². The molecule has 20 heavy (non-hydrogen) atoms. The SMILES string of the molecule is C=CCNC(=O)C[C@H](C)CC(=O)Nc1cccc(Br)c1. The van der Waals surface area contributed by atoms with E-state index >= 15 is 0 Å². The Morgan fingerprint density at radius 3 is 2.70 bits per heavy atom. The van der Waals surface area contributed by atoms with Crippen molar-refractivity contribution in [3.05, 3.63) is 41.4 Å². The number of nitrogens with one attached hydrogen (secondary N) is 2. The van der Waals surface area contributed by atoms with Crippen LogP contribution in [0.3, 0.4) is 0 Å². The van der Waals surface area contributed by atoms with E-state index < -0.39 is 0 Å². The molecule has 0 aliphatic heterocycles. The topological polar surface area (TPSA) is 58.2 Å². The predicted octanol–water partition coefficient (Wildman–Crippen LogP) is 3.11. The van der Waals surface area contributed by atoms with Crippen molar-refractivity contribution in [1.82, 2.24) is 5.32 Å². The minimum Gasteiger partial charge on any atom is -0.353 e. The first-order chi connectivity index (χ1) is 9.51. The summed E-state index contributed by atoms with van der Waals surface area (Å²) in [6, 6.07) is 7.40. The fraction of sp³-hybridized carbons (Fsp3) is 0.333. The Hall–Kier alpha value is -1.62. The molecule has 1 aromatic rings. The normalized spacial score (nSPS) is 11.5. The van der Waals surface area contributed by atoms with E-state index in [9.17, 15) is 9.59 Å². The van der Waals surface area contributed by atoms with Crippen LogP contribution in [0.5, 0.6) is 0 Å². The second-order valence-electron chi connectivity index (χ2n) is 4.66. The van der Waals surface area contributed by atoms with Crippen LogP contribution in [0.15, 0.2) is 41.4 Å². The fourth-order valence-corrected chi connectivity index (χ4v) is 2.14. The molecule has 0 aliphatic rings. The Labute approximate surface area is 127 Å². The number of hydrogen-bond acceptors (Lipinski definition) is 2. The Morgan fingerprint density at radius 2 is 2.05 bits per heavy atom. The number of amides is 2. The van der Waals surface area contributed by atoms with Crippen LogP contribution in [0.1, 0.15) is 19.8 Å². The summed E-state index contributed by atoms with van der Waals surface area (Å²) in [5.74, 6) is -0.160. The number of carbonyl (C=O) groups is 2. The maximum absolute atomic E-state index is 11.9. The van der Waals surface area contributed by atoms with Gasteiger partial charge in [0.2, 0.25) is 11.8 Å². The molecule has 1 rings (SSSR count). The van der Waals surface area contributed by atoms with Crippen molar-refractivity contribution in [3.63, 3.8) is 0 Å². The van der Waals surface area contributed by atoms with E-state index in [2.05, 4.69) is 33.1 Å². The maximum atomic E-state index is 11.9. The lowest BCUT2D eigenvalue weighted by atomic mass is 10.0. The van der Waals surface area contributed by atoms with Gasteiger partial charge in [-0.25, -0.2) is 0 Å². The Kier molecular flexibility index (Phi) is 7.01. The van der Waals surface area contributed by atoms with Gasteiger partial charge in [-0.1, -0.05) is 35.0 Å². The Bertz CT molecular complexity index is 489. The van der Waals surface area contributed by atoms with Gasteiger partial charge in [0.05, 0.1) is 0 Å². The second-order valence-corrected chi connectivity index (χ2v) is 5.58. The zero-order valence-electron chi connectivity index (χ0n) is 11.5. The highest BCUT2D eigenvalue weighted by Gasteiger charge is 2.13. The van der Waals surface area contributed by atoms with Crippen LogP contribution in [0.25, 0.3) is 0 Å². The maximum Gasteiger partial charge on any atom is 0.224 e. The minimum atomic E-state index is -0.0906. The zero-order valence-corrected chi connectivity index (χ0v) is 13.1. The zero-order chi connectivity index (χ0) is 15.0. The third kappa shape index (κ3) is 6.52. The smallest absolute Gasteiger partial charge is 0.224 e. The van der Waals surface area contributed by atoms with E-state index in [1.54, 1.807) is 6.08 Å². The monoisotopic (exact) mass is 338 g/mol. The van der Waals surface area contributed by atoms with Gasteiger partial charge in [-0.05, 0) is 24.1 Å². The van der Waals surface area contributed by atoms with Gasteiger partial charge in [0, 0.05) is 29.5 Å². The average Bonchev–Trinajstić information content (AvgIpc) is 2.35. The average molecular weight is 339 g/mol. The quantitative estimate of drug-likeness (QED) is 0.750. The number of rotatable bonds is 7. The lowest BCUT2D eigenvalue weighted by molar-refractivity contribution is -0.122. The van der Waals surface area contributed by atoms with Crippen LogP contribution in [0, 0.1) is 5.92 Å². The van der Waals surface area contributed by atoms with Crippen molar-refractivity contribution in [3.8, 4) is 0 Å². The van der Waals surface area contributed by atoms with E-state index in [0.29, 0.717) is 19.4 Å². The van der Waals surface area contributed by atoms with Gasteiger partial charge in [-0.2, -0.15) is 0 Å². The van der Waals surface area contributed by atoms with Crippen LogP contribution < -0.4 is 10.6 Å². The van der Waals surface area contributed by atoms with E-state index in [-0.39, 0.29) is 17.7 Å². The van der Waals surface area contributed by atoms with Crippen molar-refractivity contribution in [2.24, 2.45) is 5.92 Å². The van der Waals surface area contributed by atoms with Crippen LogP contribution in [-0.2, 0) is 9.59 Å². The summed E-state index contributed by atoms with van der Waals surface area (Å²) < 4.78 is 0.909. The summed E-state index contributed by atoms with van der Waals surface area (Å²) in [6.45, 7) is 5.87. The van der Waals surface area contributed by atoms with Crippen molar-refractivity contribution in [2.45, 2.75) is 19.8 Å². The van der Waals surface area contributed by atoms with E-state index in [1.807, 2.05) is 31.2 Å². The van der Waals surface area contributed by atoms with Gasteiger partial charge in [-0.3, -0.25) is 9.59 Å². The summed E-state index contributed by atoms with van der Waals surface area (Å²) in [7, 11) is 0. The first kappa shape index (κ1) is 16.4. The van der Waals surface area contributed by atoms with Crippen molar-refractivity contribution < 1.29 is 9.59 Å². The summed E-state index contributed by atoms with van der Waals surface area (Å²) in [6.07, 6.45) is 2.27. The molecule has 0 radical (unpaired) electrons. The molecule has 0 aromatic heterocycles. The molecule has 2 amide bonds. The number of halogens is 1. The molecule has 0 saturated heterocycles. The van der Waals surface area contributed by atoms with Crippen LogP contribution in [0.2, 0.25) is 0 Å².